The summed E-state index contributed by atoms with van der Waals surface area (Å²) in [5.41, 5.74) is 7.02. The Bertz CT molecular complexity index is 433. The zero-order chi connectivity index (χ0) is 15.0. The Morgan fingerprint density at radius 3 is 2.55 bits per heavy atom. The summed E-state index contributed by atoms with van der Waals surface area (Å²) >= 11 is 0. The van der Waals surface area contributed by atoms with Crippen molar-refractivity contribution in [2.75, 3.05) is 26.9 Å². The van der Waals surface area contributed by atoms with E-state index < -0.39 is 0 Å². The third-order valence-corrected chi connectivity index (χ3v) is 2.67. The van der Waals surface area contributed by atoms with Crippen molar-refractivity contribution >= 4 is 5.84 Å². The predicted octanol–water partition coefficient (Wildman–Crippen LogP) is 2.17. The van der Waals surface area contributed by atoms with Crippen molar-refractivity contribution in [1.82, 2.24) is 0 Å². The van der Waals surface area contributed by atoms with Crippen molar-refractivity contribution in [2.24, 2.45) is 11.7 Å². The SMILES string of the molecule is COc1ccc(C(=N)N)cc1COCCOCC(C)C. The van der Waals surface area contributed by atoms with E-state index in [1.807, 2.05) is 6.07 Å². The molecule has 0 heterocycles. The predicted molar refractivity (Wildman–Crippen MR) is 79.3 cm³/mol. The summed E-state index contributed by atoms with van der Waals surface area (Å²) in [4.78, 5) is 0. The lowest BCUT2D eigenvalue weighted by Gasteiger charge is -2.11. The zero-order valence-electron chi connectivity index (χ0n) is 12.4. The van der Waals surface area contributed by atoms with Crippen molar-refractivity contribution in [3.8, 4) is 5.75 Å². The van der Waals surface area contributed by atoms with Crippen LogP contribution in [0.2, 0.25) is 0 Å². The Labute approximate surface area is 120 Å². The zero-order valence-corrected chi connectivity index (χ0v) is 12.4. The van der Waals surface area contributed by atoms with E-state index in [4.69, 9.17) is 25.4 Å². The summed E-state index contributed by atoms with van der Waals surface area (Å²) in [7, 11) is 1.61. The number of hydrogen-bond acceptors (Lipinski definition) is 4. The summed E-state index contributed by atoms with van der Waals surface area (Å²) in [6.07, 6.45) is 0. The van der Waals surface area contributed by atoms with E-state index in [9.17, 15) is 0 Å². The Hall–Kier alpha value is -1.59. The standard InChI is InChI=1S/C15H24N2O3/c1-11(2)9-19-6-7-20-10-13-8-12(15(16)17)4-5-14(13)18-3/h4-5,8,11H,6-7,9-10H2,1-3H3,(H3,16,17). The second kappa shape index (κ2) is 8.55. The van der Waals surface area contributed by atoms with Gasteiger partial charge in [-0.05, 0) is 24.1 Å². The van der Waals surface area contributed by atoms with Gasteiger partial charge >= 0.3 is 0 Å². The van der Waals surface area contributed by atoms with E-state index >= 15 is 0 Å². The number of ether oxygens (including phenoxy) is 3. The topological polar surface area (TPSA) is 77.6 Å². The molecule has 0 saturated heterocycles. The van der Waals surface area contributed by atoms with Crippen molar-refractivity contribution in [2.45, 2.75) is 20.5 Å². The average molecular weight is 280 g/mol. The van der Waals surface area contributed by atoms with Crippen LogP contribution in [-0.4, -0.2) is 32.8 Å². The molecule has 1 rings (SSSR count). The third-order valence-electron chi connectivity index (χ3n) is 2.67. The fourth-order valence-electron chi connectivity index (χ4n) is 1.68. The molecule has 0 aromatic heterocycles. The molecule has 0 unspecified atom stereocenters. The highest BCUT2D eigenvalue weighted by atomic mass is 16.5. The summed E-state index contributed by atoms with van der Waals surface area (Å²) < 4.78 is 16.3. The molecule has 0 saturated carbocycles. The van der Waals surface area contributed by atoms with Crippen LogP contribution in [0.15, 0.2) is 18.2 Å². The number of rotatable bonds is 9. The van der Waals surface area contributed by atoms with Crippen molar-refractivity contribution in [3.05, 3.63) is 29.3 Å². The monoisotopic (exact) mass is 280 g/mol. The van der Waals surface area contributed by atoms with Gasteiger partial charge in [0.25, 0.3) is 0 Å². The van der Waals surface area contributed by atoms with Crippen LogP contribution in [0, 0.1) is 11.3 Å². The maximum Gasteiger partial charge on any atom is 0.124 e. The van der Waals surface area contributed by atoms with Crippen LogP contribution in [0.1, 0.15) is 25.0 Å². The molecule has 0 aliphatic rings. The van der Waals surface area contributed by atoms with Gasteiger partial charge in [0.05, 0.1) is 26.9 Å². The number of nitrogen functional groups attached to an aromatic ring is 1. The van der Waals surface area contributed by atoms with Gasteiger partial charge in [-0.15, -0.1) is 0 Å². The number of nitrogens with two attached hydrogens (primary N) is 1. The molecular weight excluding hydrogens is 256 g/mol. The van der Waals surface area contributed by atoms with Gasteiger partial charge in [0.15, 0.2) is 0 Å². The Balaban J connectivity index is 2.45. The van der Waals surface area contributed by atoms with Crippen LogP contribution < -0.4 is 10.5 Å². The van der Waals surface area contributed by atoms with E-state index in [1.165, 1.54) is 0 Å². The lowest BCUT2D eigenvalue weighted by molar-refractivity contribution is 0.0309. The lowest BCUT2D eigenvalue weighted by Crippen LogP contribution is -2.12. The normalized spacial score (nSPS) is 10.8. The van der Waals surface area contributed by atoms with Gasteiger partial charge in [-0.1, -0.05) is 13.8 Å². The minimum absolute atomic E-state index is 0.0363. The van der Waals surface area contributed by atoms with Crippen molar-refractivity contribution < 1.29 is 14.2 Å². The fourth-order valence-corrected chi connectivity index (χ4v) is 1.68. The first-order valence-corrected chi connectivity index (χ1v) is 6.71. The van der Waals surface area contributed by atoms with Gasteiger partial charge < -0.3 is 19.9 Å². The van der Waals surface area contributed by atoms with Crippen molar-refractivity contribution in [3.63, 3.8) is 0 Å². The van der Waals surface area contributed by atoms with E-state index in [0.29, 0.717) is 31.3 Å². The largest absolute Gasteiger partial charge is 0.496 e. The van der Waals surface area contributed by atoms with Gasteiger partial charge in [0.1, 0.15) is 11.6 Å². The first-order chi connectivity index (χ1) is 9.54. The quantitative estimate of drug-likeness (QED) is 0.413. The van der Waals surface area contributed by atoms with Gasteiger partial charge in [-0.25, -0.2) is 0 Å². The lowest BCUT2D eigenvalue weighted by atomic mass is 10.1. The van der Waals surface area contributed by atoms with E-state index in [2.05, 4.69) is 13.8 Å². The van der Waals surface area contributed by atoms with Crippen LogP contribution >= 0.6 is 0 Å². The average Bonchev–Trinajstić information content (AvgIpc) is 2.42. The Morgan fingerprint density at radius 1 is 1.25 bits per heavy atom. The Kier molecular flexibility index (Phi) is 7.04. The molecule has 0 spiro atoms. The smallest absolute Gasteiger partial charge is 0.124 e. The van der Waals surface area contributed by atoms with Gasteiger partial charge in [-0.3, -0.25) is 5.41 Å². The number of hydrogen-bond donors (Lipinski definition) is 2. The molecule has 3 N–H and O–H groups in total. The van der Waals surface area contributed by atoms with Crippen LogP contribution in [0.5, 0.6) is 5.75 Å². The van der Waals surface area contributed by atoms with Gasteiger partial charge in [0, 0.05) is 17.7 Å². The fraction of sp³-hybridized carbons (Fsp3) is 0.533. The molecule has 0 amide bonds. The summed E-state index contributed by atoms with van der Waals surface area (Å²) in [5, 5.41) is 7.44. The molecular formula is C15H24N2O3. The van der Waals surface area contributed by atoms with Crippen LogP contribution in [0.4, 0.5) is 0 Å². The summed E-state index contributed by atoms with van der Waals surface area (Å²) in [6, 6.07) is 5.37. The highest BCUT2D eigenvalue weighted by Gasteiger charge is 2.06. The third kappa shape index (κ3) is 5.59. The second-order valence-electron chi connectivity index (χ2n) is 4.96. The van der Waals surface area contributed by atoms with Crippen molar-refractivity contribution in [1.29, 1.82) is 5.41 Å². The molecule has 1 aromatic carbocycles. The van der Waals surface area contributed by atoms with E-state index in [1.54, 1.807) is 19.2 Å². The molecule has 1 aromatic rings. The summed E-state index contributed by atoms with van der Waals surface area (Å²) in [5.74, 6) is 1.30. The molecule has 20 heavy (non-hydrogen) atoms. The molecule has 5 heteroatoms. The van der Waals surface area contributed by atoms with Gasteiger partial charge in [0.2, 0.25) is 0 Å². The molecule has 112 valence electrons. The molecule has 0 radical (unpaired) electrons. The number of amidine groups is 1. The number of nitrogens with one attached hydrogen (secondary N) is 1. The molecule has 5 nitrogen and oxygen atoms in total. The van der Waals surface area contributed by atoms with E-state index in [-0.39, 0.29) is 5.84 Å². The molecule has 0 aliphatic carbocycles. The molecule has 0 bridgehead atoms. The van der Waals surface area contributed by atoms with Crippen LogP contribution in [-0.2, 0) is 16.1 Å². The van der Waals surface area contributed by atoms with Crippen LogP contribution in [0.3, 0.4) is 0 Å². The first kappa shape index (κ1) is 16.5. The van der Waals surface area contributed by atoms with E-state index in [0.717, 1.165) is 17.9 Å². The molecule has 0 fully saturated rings. The Morgan fingerprint density at radius 2 is 1.95 bits per heavy atom. The minimum atomic E-state index is 0.0363. The highest BCUT2D eigenvalue weighted by Crippen LogP contribution is 2.20. The van der Waals surface area contributed by atoms with Crippen LogP contribution in [0.25, 0.3) is 0 Å². The first-order valence-electron chi connectivity index (χ1n) is 6.71. The number of methoxy groups -OCH3 is 1. The molecule has 0 aliphatic heterocycles. The highest BCUT2D eigenvalue weighted by molar-refractivity contribution is 5.95. The minimum Gasteiger partial charge on any atom is -0.496 e. The molecule has 0 atom stereocenters. The summed E-state index contributed by atoms with van der Waals surface area (Å²) in [6.45, 7) is 6.48. The maximum absolute atomic E-state index is 7.44. The maximum atomic E-state index is 7.44. The second-order valence-corrected chi connectivity index (χ2v) is 4.96. The van der Waals surface area contributed by atoms with Gasteiger partial charge in [-0.2, -0.15) is 0 Å². The number of benzene rings is 1.